The quantitative estimate of drug-likeness (QED) is 0.852. The maximum atomic E-state index is 12.4. The van der Waals surface area contributed by atoms with Crippen LogP contribution in [0, 0.1) is 0 Å². The number of carbonyl (C=O) groups excluding carboxylic acids is 1. The molecule has 1 aliphatic rings. The molecular weight excluding hydrogens is 302 g/mol. The molecule has 110 valence electrons. The number of benzene rings is 1. The second-order valence-electron chi connectivity index (χ2n) is 4.94. The van der Waals surface area contributed by atoms with Gasteiger partial charge in [0.2, 0.25) is 0 Å². The number of hydrogen-bond donors (Lipinski definition) is 0. The first-order valence-corrected chi connectivity index (χ1v) is 8.95. The van der Waals surface area contributed by atoms with Gasteiger partial charge in [0, 0.05) is 24.1 Å². The first-order chi connectivity index (χ1) is 10.2. The number of amides is 1. The van der Waals surface area contributed by atoms with Crippen molar-refractivity contribution in [3.8, 4) is 0 Å². The Kier molecular flexibility index (Phi) is 4.60. The molecule has 0 aliphatic carbocycles. The van der Waals surface area contributed by atoms with Crippen molar-refractivity contribution in [1.82, 2.24) is 4.90 Å². The third-order valence-corrected chi connectivity index (χ3v) is 6.48. The molecule has 5 heteroatoms. The van der Waals surface area contributed by atoms with Crippen LogP contribution in [0.5, 0.6) is 0 Å². The third-order valence-electron chi connectivity index (χ3n) is 3.37. The fraction of sp³-hybridized carbons (Fsp3) is 0.312. The molecule has 0 N–H and O–H groups in total. The molecule has 1 aliphatic heterocycles. The average molecular weight is 319 g/mol. The lowest BCUT2D eigenvalue weighted by Crippen LogP contribution is -2.25. The normalized spacial score (nSPS) is 15.3. The Bertz CT molecular complexity index is 589. The minimum absolute atomic E-state index is 0.0182. The average Bonchev–Trinajstić information content (AvgIpc) is 3.20. The highest BCUT2D eigenvalue weighted by Gasteiger charge is 2.19. The molecule has 1 saturated heterocycles. The lowest BCUT2D eigenvalue weighted by molar-refractivity contribution is 0.0775. The van der Waals surface area contributed by atoms with Crippen molar-refractivity contribution in [3.05, 3.63) is 59.5 Å². The smallest absolute Gasteiger partial charge is 0.254 e. The van der Waals surface area contributed by atoms with E-state index in [4.69, 9.17) is 4.42 Å². The maximum absolute atomic E-state index is 12.4. The van der Waals surface area contributed by atoms with Crippen molar-refractivity contribution in [2.75, 3.05) is 18.6 Å². The van der Waals surface area contributed by atoms with Crippen LogP contribution in [0.15, 0.2) is 47.1 Å². The van der Waals surface area contributed by atoms with Crippen LogP contribution in [-0.2, 0) is 6.54 Å². The first kappa shape index (κ1) is 14.6. The van der Waals surface area contributed by atoms with Crippen LogP contribution >= 0.6 is 23.5 Å². The summed E-state index contributed by atoms with van der Waals surface area (Å²) >= 11 is 3.95. The van der Waals surface area contributed by atoms with Gasteiger partial charge in [-0.2, -0.15) is 0 Å². The fourth-order valence-electron chi connectivity index (χ4n) is 2.26. The summed E-state index contributed by atoms with van der Waals surface area (Å²) < 4.78 is 5.80. The molecule has 0 bridgehead atoms. The van der Waals surface area contributed by atoms with Gasteiger partial charge in [-0.15, -0.1) is 23.5 Å². The van der Waals surface area contributed by atoms with Crippen LogP contribution in [-0.4, -0.2) is 29.4 Å². The van der Waals surface area contributed by atoms with Gasteiger partial charge < -0.3 is 9.32 Å². The zero-order chi connectivity index (χ0) is 14.7. The Morgan fingerprint density at radius 2 is 1.95 bits per heavy atom. The molecule has 2 aromatic rings. The van der Waals surface area contributed by atoms with E-state index in [1.54, 1.807) is 18.2 Å². The molecule has 3 nitrogen and oxygen atoms in total. The fourth-order valence-corrected chi connectivity index (χ4v) is 5.12. The molecule has 0 spiro atoms. The summed E-state index contributed by atoms with van der Waals surface area (Å²) in [6.45, 7) is 0.488. The minimum atomic E-state index is 0.0182. The van der Waals surface area contributed by atoms with E-state index in [0.29, 0.717) is 11.1 Å². The molecule has 0 atom stereocenters. The standard InChI is InChI=1S/C16H17NO2S2/c1-17(11-14-3-2-8-19-14)15(18)12-4-6-13(7-5-12)16-20-9-10-21-16/h2-8,16H,9-11H2,1H3. The minimum Gasteiger partial charge on any atom is -0.467 e. The molecule has 1 aromatic heterocycles. The van der Waals surface area contributed by atoms with Crippen molar-refractivity contribution in [1.29, 1.82) is 0 Å². The molecule has 0 radical (unpaired) electrons. The highest BCUT2D eigenvalue weighted by atomic mass is 32.2. The van der Waals surface area contributed by atoms with E-state index >= 15 is 0 Å². The number of nitrogens with zero attached hydrogens (tertiary/aromatic N) is 1. The van der Waals surface area contributed by atoms with Crippen molar-refractivity contribution in [2.45, 2.75) is 11.1 Å². The zero-order valence-electron chi connectivity index (χ0n) is 11.8. The number of hydrogen-bond acceptors (Lipinski definition) is 4. The lowest BCUT2D eigenvalue weighted by atomic mass is 10.1. The number of rotatable bonds is 4. The first-order valence-electron chi connectivity index (χ1n) is 6.85. The zero-order valence-corrected chi connectivity index (χ0v) is 13.5. The van der Waals surface area contributed by atoms with Crippen molar-refractivity contribution >= 4 is 29.4 Å². The van der Waals surface area contributed by atoms with Gasteiger partial charge in [-0.25, -0.2) is 0 Å². The molecular formula is C16H17NO2S2. The van der Waals surface area contributed by atoms with E-state index in [1.807, 2.05) is 47.8 Å². The number of thioether (sulfide) groups is 2. The predicted octanol–water partition coefficient (Wildman–Crippen LogP) is 4.03. The largest absolute Gasteiger partial charge is 0.467 e. The van der Waals surface area contributed by atoms with Crippen LogP contribution in [0.3, 0.4) is 0 Å². The summed E-state index contributed by atoms with van der Waals surface area (Å²) in [4.78, 5) is 14.1. The Labute approximate surface area is 133 Å². The van der Waals surface area contributed by atoms with Crippen LogP contribution in [0.1, 0.15) is 26.3 Å². The monoisotopic (exact) mass is 319 g/mol. The number of carbonyl (C=O) groups is 1. The van der Waals surface area contributed by atoms with Gasteiger partial charge in [0.1, 0.15) is 5.76 Å². The molecule has 0 saturated carbocycles. The van der Waals surface area contributed by atoms with Crippen molar-refractivity contribution < 1.29 is 9.21 Å². The topological polar surface area (TPSA) is 33.5 Å². The van der Waals surface area contributed by atoms with Gasteiger partial charge in [-0.1, -0.05) is 12.1 Å². The summed E-state index contributed by atoms with van der Waals surface area (Å²) in [6.07, 6.45) is 1.62. The molecule has 3 rings (SSSR count). The second kappa shape index (κ2) is 6.62. The maximum Gasteiger partial charge on any atom is 0.254 e. The summed E-state index contributed by atoms with van der Waals surface area (Å²) in [7, 11) is 1.79. The highest BCUT2D eigenvalue weighted by molar-refractivity contribution is 8.19. The molecule has 1 fully saturated rings. The number of furan rings is 1. The van der Waals surface area contributed by atoms with Crippen molar-refractivity contribution in [3.63, 3.8) is 0 Å². The van der Waals surface area contributed by atoms with E-state index in [9.17, 15) is 4.79 Å². The molecule has 21 heavy (non-hydrogen) atoms. The van der Waals surface area contributed by atoms with Gasteiger partial charge in [-0.05, 0) is 29.8 Å². The Balaban J connectivity index is 1.66. The van der Waals surface area contributed by atoms with E-state index in [-0.39, 0.29) is 5.91 Å². The van der Waals surface area contributed by atoms with Crippen molar-refractivity contribution in [2.24, 2.45) is 0 Å². The third kappa shape index (κ3) is 3.47. The molecule has 1 amide bonds. The van der Waals surface area contributed by atoms with E-state index in [2.05, 4.69) is 12.1 Å². The van der Waals surface area contributed by atoms with Crippen LogP contribution < -0.4 is 0 Å². The molecule has 2 heterocycles. The Morgan fingerprint density at radius 3 is 2.57 bits per heavy atom. The molecule has 1 aromatic carbocycles. The van der Waals surface area contributed by atoms with E-state index in [1.165, 1.54) is 17.1 Å². The van der Waals surface area contributed by atoms with Crippen LogP contribution in [0.2, 0.25) is 0 Å². The highest BCUT2D eigenvalue weighted by Crippen LogP contribution is 2.45. The van der Waals surface area contributed by atoms with Crippen LogP contribution in [0.25, 0.3) is 0 Å². The summed E-state index contributed by atoms with van der Waals surface area (Å²) in [5.41, 5.74) is 2.02. The van der Waals surface area contributed by atoms with Crippen LogP contribution in [0.4, 0.5) is 0 Å². The van der Waals surface area contributed by atoms with E-state index in [0.717, 1.165) is 11.3 Å². The summed E-state index contributed by atoms with van der Waals surface area (Å²) in [5.74, 6) is 3.23. The van der Waals surface area contributed by atoms with Gasteiger partial charge in [0.15, 0.2) is 0 Å². The predicted molar refractivity (Wildman–Crippen MR) is 88.6 cm³/mol. The van der Waals surface area contributed by atoms with Gasteiger partial charge in [-0.3, -0.25) is 4.79 Å². The lowest BCUT2D eigenvalue weighted by Gasteiger charge is -2.16. The summed E-state index contributed by atoms with van der Waals surface area (Å²) in [6, 6.07) is 11.7. The Hall–Kier alpha value is -1.33. The summed E-state index contributed by atoms with van der Waals surface area (Å²) in [5, 5.41) is 0. The Morgan fingerprint density at radius 1 is 1.24 bits per heavy atom. The van der Waals surface area contributed by atoms with Gasteiger partial charge >= 0.3 is 0 Å². The second-order valence-corrected chi connectivity index (χ2v) is 7.66. The van der Waals surface area contributed by atoms with Gasteiger partial charge in [0.05, 0.1) is 17.4 Å². The van der Waals surface area contributed by atoms with Gasteiger partial charge in [0.25, 0.3) is 5.91 Å². The molecule has 0 unspecified atom stereocenters. The SMILES string of the molecule is CN(Cc1ccco1)C(=O)c1ccc(C2SCCS2)cc1. The van der Waals surface area contributed by atoms with E-state index < -0.39 is 0 Å².